The van der Waals surface area contributed by atoms with E-state index in [0.29, 0.717) is 25.5 Å². The minimum atomic E-state index is -0.813. The highest BCUT2D eigenvalue weighted by Crippen LogP contribution is 2.23. The second kappa shape index (κ2) is 5.85. The third-order valence-electron chi connectivity index (χ3n) is 3.55. The topological polar surface area (TPSA) is 95.4 Å². The van der Waals surface area contributed by atoms with E-state index in [1.54, 1.807) is 31.0 Å². The molecule has 7 heteroatoms. The number of nitrogens with one attached hydrogen (secondary N) is 1. The number of aromatic nitrogens is 2. The van der Waals surface area contributed by atoms with E-state index in [0.717, 1.165) is 5.69 Å². The fourth-order valence-corrected chi connectivity index (χ4v) is 2.08. The highest BCUT2D eigenvalue weighted by Gasteiger charge is 2.37. The number of aliphatic carboxylic acids is 1. The molecule has 7 nitrogen and oxygen atoms in total. The number of amides is 2. The number of carbonyl (C=O) groups excluding carboxylic acids is 1. The number of nitrogens with zero attached hydrogens (tertiary/aromatic N) is 3. The van der Waals surface area contributed by atoms with Crippen molar-refractivity contribution < 1.29 is 14.7 Å². The molecule has 1 saturated heterocycles. The van der Waals surface area contributed by atoms with Crippen LogP contribution in [0.1, 0.15) is 18.4 Å². The molecule has 1 aliphatic rings. The summed E-state index contributed by atoms with van der Waals surface area (Å²) in [5.74, 6) is -0.523. The lowest BCUT2D eigenvalue weighted by atomic mass is 9.87. The normalized spacial score (nSPS) is 16.4. The van der Waals surface area contributed by atoms with Gasteiger partial charge in [-0.1, -0.05) is 6.92 Å². The molecule has 1 fully saturated rings. The maximum absolute atomic E-state index is 11.8. The Bertz CT molecular complexity index is 514. The lowest BCUT2D eigenvalue weighted by Crippen LogP contribution is -2.56. The molecule has 108 valence electrons. The first kappa shape index (κ1) is 14.2. The molecule has 1 aromatic rings. The lowest BCUT2D eigenvalue weighted by Gasteiger charge is -2.41. The SMILES string of the molecule is Cc1nccc(CNC(=O)N2CC(C(C)C(=O)O)C2)n1. The second-order valence-electron chi connectivity index (χ2n) is 5.05. The summed E-state index contributed by atoms with van der Waals surface area (Å²) in [4.78, 5) is 32.5. The first-order valence-electron chi connectivity index (χ1n) is 6.51. The Balaban J connectivity index is 1.76. The number of carboxylic acids is 1. The molecule has 1 unspecified atom stereocenters. The van der Waals surface area contributed by atoms with Gasteiger partial charge in [0.05, 0.1) is 18.2 Å². The maximum Gasteiger partial charge on any atom is 0.317 e. The Labute approximate surface area is 117 Å². The third kappa shape index (κ3) is 3.23. The van der Waals surface area contributed by atoms with E-state index < -0.39 is 11.9 Å². The third-order valence-corrected chi connectivity index (χ3v) is 3.55. The summed E-state index contributed by atoms with van der Waals surface area (Å²) in [6.45, 7) is 4.78. The van der Waals surface area contributed by atoms with E-state index in [1.165, 1.54) is 0 Å². The average Bonchev–Trinajstić information content (AvgIpc) is 2.34. The zero-order chi connectivity index (χ0) is 14.7. The Morgan fingerprint density at radius 1 is 1.55 bits per heavy atom. The van der Waals surface area contributed by atoms with E-state index in [1.807, 2.05) is 0 Å². The number of hydrogen-bond acceptors (Lipinski definition) is 4. The van der Waals surface area contributed by atoms with E-state index in [4.69, 9.17) is 5.11 Å². The minimum Gasteiger partial charge on any atom is -0.481 e. The molecule has 0 saturated carbocycles. The average molecular weight is 278 g/mol. The summed E-state index contributed by atoms with van der Waals surface area (Å²) in [6.07, 6.45) is 1.65. The predicted octanol–water partition coefficient (Wildman–Crippen LogP) is 0.647. The van der Waals surface area contributed by atoms with Crippen LogP contribution >= 0.6 is 0 Å². The van der Waals surface area contributed by atoms with Gasteiger partial charge in [0.25, 0.3) is 0 Å². The smallest absolute Gasteiger partial charge is 0.317 e. The molecule has 0 aliphatic carbocycles. The zero-order valence-corrected chi connectivity index (χ0v) is 11.5. The van der Waals surface area contributed by atoms with Crippen LogP contribution in [-0.4, -0.2) is 45.1 Å². The van der Waals surface area contributed by atoms with Crippen LogP contribution in [0.25, 0.3) is 0 Å². The van der Waals surface area contributed by atoms with Crippen molar-refractivity contribution in [2.45, 2.75) is 20.4 Å². The standard InChI is InChI=1S/C13H18N4O3/c1-8(12(18)19)10-6-17(7-10)13(20)15-5-11-3-4-14-9(2)16-11/h3-4,8,10H,5-7H2,1-2H3,(H,15,20)(H,18,19). The van der Waals surface area contributed by atoms with Crippen molar-refractivity contribution >= 4 is 12.0 Å². The molecular weight excluding hydrogens is 260 g/mol. The highest BCUT2D eigenvalue weighted by molar-refractivity contribution is 5.76. The van der Waals surface area contributed by atoms with Gasteiger partial charge in [-0.15, -0.1) is 0 Å². The van der Waals surface area contributed by atoms with E-state index in [2.05, 4.69) is 15.3 Å². The molecule has 20 heavy (non-hydrogen) atoms. The summed E-state index contributed by atoms with van der Waals surface area (Å²) in [5.41, 5.74) is 0.752. The number of likely N-dealkylation sites (tertiary alicyclic amines) is 1. The van der Waals surface area contributed by atoms with E-state index >= 15 is 0 Å². The lowest BCUT2D eigenvalue weighted by molar-refractivity contribution is -0.144. The number of rotatable bonds is 4. The van der Waals surface area contributed by atoms with Gasteiger partial charge >= 0.3 is 12.0 Å². The molecule has 2 amide bonds. The van der Waals surface area contributed by atoms with Crippen molar-refractivity contribution in [1.29, 1.82) is 0 Å². The molecule has 2 N–H and O–H groups in total. The molecule has 1 aliphatic heterocycles. The van der Waals surface area contributed by atoms with Crippen molar-refractivity contribution in [3.8, 4) is 0 Å². The molecule has 1 aromatic heterocycles. The number of urea groups is 1. The number of hydrogen-bond donors (Lipinski definition) is 2. The summed E-state index contributed by atoms with van der Waals surface area (Å²) in [7, 11) is 0. The van der Waals surface area contributed by atoms with Crippen LogP contribution in [-0.2, 0) is 11.3 Å². The van der Waals surface area contributed by atoms with E-state index in [-0.39, 0.29) is 11.9 Å². The monoisotopic (exact) mass is 278 g/mol. The Hall–Kier alpha value is -2.18. The Kier molecular flexibility index (Phi) is 4.16. The van der Waals surface area contributed by atoms with Gasteiger partial charge in [0.15, 0.2) is 0 Å². The van der Waals surface area contributed by atoms with Crippen molar-refractivity contribution in [2.75, 3.05) is 13.1 Å². The van der Waals surface area contributed by atoms with Crippen LogP contribution in [0.4, 0.5) is 4.79 Å². The van der Waals surface area contributed by atoms with Gasteiger partial charge in [-0.05, 0) is 13.0 Å². The van der Waals surface area contributed by atoms with Gasteiger partial charge in [-0.2, -0.15) is 0 Å². The summed E-state index contributed by atoms with van der Waals surface area (Å²) in [6, 6.07) is 1.56. The molecule has 0 spiro atoms. The van der Waals surface area contributed by atoms with Gasteiger partial charge in [-0.3, -0.25) is 4.79 Å². The van der Waals surface area contributed by atoms with Crippen LogP contribution in [0.15, 0.2) is 12.3 Å². The Morgan fingerprint density at radius 3 is 2.85 bits per heavy atom. The summed E-state index contributed by atoms with van der Waals surface area (Å²) in [5, 5.41) is 11.7. The van der Waals surface area contributed by atoms with Crippen molar-refractivity contribution in [1.82, 2.24) is 20.2 Å². The van der Waals surface area contributed by atoms with Gasteiger partial charge in [-0.25, -0.2) is 14.8 Å². The van der Waals surface area contributed by atoms with E-state index in [9.17, 15) is 9.59 Å². The molecule has 1 atom stereocenters. The fraction of sp³-hybridized carbons (Fsp3) is 0.538. The van der Waals surface area contributed by atoms with Crippen molar-refractivity contribution in [3.63, 3.8) is 0 Å². The first-order valence-corrected chi connectivity index (χ1v) is 6.51. The molecule has 0 aromatic carbocycles. The molecule has 2 heterocycles. The van der Waals surface area contributed by atoms with Crippen molar-refractivity contribution in [3.05, 3.63) is 23.8 Å². The van der Waals surface area contributed by atoms with Crippen molar-refractivity contribution in [2.24, 2.45) is 11.8 Å². The van der Waals surface area contributed by atoms with Crippen LogP contribution in [0, 0.1) is 18.8 Å². The molecular formula is C13H18N4O3. The van der Waals surface area contributed by atoms with Crippen LogP contribution < -0.4 is 5.32 Å². The fourth-order valence-electron chi connectivity index (χ4n) is 2.08. The van der Waals surface area contributed by atoms with Gasteiger partial charge in [0.1, 0.15) is 5.82 Å². The van der Waals surface area contributed by atoms with Gasteiger partial charge < -0.3 is 15.3 Å². The summed E-state index contributed by atoms with van der Waals surface area (Å²) >= 11 is 0. The number of carbonyl (C=O) groups is 2. The van der Waals surface area contributed by atoms with Gasteiger partial charge in [0.2, 0.25) is 0 Å². The molecule has 2 rings (SSSR count). The summed E-state index contributed by atoms with van der Waals surface area (Å²) < 4.78 is 0. The largest absolute Gasteiger partial charge is 0.481 e. The minimum absolute atomic E-state index is 0.0412. The van der Waals surface area contributed by atoms with Crippen LogP contribution in [0.3, 0.4) is 0 Å². The maximum atomic E-state index is 11.8. The molecule has 0 bridgehead atoms. The quantitative estimate of drug-likeness (QED) is 0.843. The first-order chi connectivity index (χ1) is 9.47. The van der Waals surface area contributed by atoms with Gasteiger partial charge in [0, 0.05) is 25.2 Å². The number of aryl methyl sites for hydroxylation is 1. The second-order valence-corrected chi connectivity index (χ2v) is 5.05. The molecule has 0 radical (unpaired) electrons. The predicted molar refractivity (Wildman–Crippen MR) is 70.9 cm³/mol. The Morgan fingerprint density at radius 2 is 2.25 bits per heavy atom. The highest BCUT2D eigenvalue weighted by atomic mass is 16.4. The number of carboxylic acid groups (broad SMARTS) is 1. The van der Waals surface area contributed by atoms with Crippen LogP contribution in [0.2, 0.25) is 0 Å². The zero-order valence-electron chi connectivity index (χ0n) is 11.5. The van der Waals surface area contributed by atoms with Crippen LogP contribution in [0.5, 0.6) is 0 Å².